The monoisotopic (exact) mass is 259 g/mol. The molecule has 102 valence electrons. The summed E-state index contributed by atoms with van der Waals surface area (Å²) >= 11 is 0. The zero-order valence-electron chi connectivity index (χ0n) is 11.6. The van der Waals surface area contributed by atoms with Crippen LogP contribution in [0.25, 0.3) is 0 Å². The summed E-state index contributed by atoms with van der Waals surface area (Å²) in [5, 5.41) is 12.3. The number of piperazine rings is 1. The van der Waals surface area contributed by atoms with Gasteiger partial charge in [0.05, 0.1) is 19.1 Å². The van der Waals surface area contributed by atoms with Gasteiger partial charge in [-0.15, -0.1) is 0 Å². The molecular formula is C15H21N3O. The van der Waals surface area contributed by atoms with Gasteiger partial charge in [0.1, 0.15) is 5.75 Å². The van der Waals surface area contributed by atoms with Gasteiger partial charge in [-0.1, -0.05) is 0 Å². The Morgan fingerprint density at radius 1 is 1.37 bits per heavy atom. The maximum absolute atomic E-state index is 8.83. The van der Waals surface area contributed by atoms with Crippen molar-refractivity contribution in [1.82, 2.24) is 5.32 Å². The van der Waals surface area contributed by atoms with Crippen LogP contribution in [0, 0.1) is 11.3 Å². The molecule has 0 aliphatic carbocycles. The van der Waals surface area contributed by atoms with Crippen LogP contribution in [0.4, 0.5) is 5.69 Å². The number of nitriles is 1. The van der Waals surface area contributed by atoms with Gasteiger partial charge in [0.15, 0.2) is 0 Å². The Morgan fingerprint density at radius 2 is 2.11 bits per heavy atom. The number of nitrogens with one attached hydrogen (secondary N) is 1. The first-order valence-electron chi connectivity index (χ1n) is 6.83. The highest BCUT2D eigenvalue weighted by Gasteiger charge is 2.23. The fourth-order valence-electron chi connectivity index (χ4n) is 2.54. The van der Waals surface area contributed by atoms with E-state index in [0.717, 1.165) is 18.8 Å². The van der Waals surface area contributed by atoms with E-state index in [1.165, 1.54) is 5.69 Å². The maximum atomic E-state index is 8.83. The number of benzene rings is 1. The second kappa shape index (κ2) is 6.44. The van der Waals surface area contributed by atoms with Crippen LogP contribution in [0.15, 0.2) is 24.3 Å². The minimum atomic E-state index is 0.250. The molecule has 1 aliphatic heterocycles. The van der Waals surface area contributed by atoms with Crippen molar-refractivity contribution in [2.75, 3.05) is 24.6 Å². The van der Waals surface area contributed by atoms with Crippen LogP contribution < -0.4 is 15.0 Å². The zero-order valence-corrected chi connectivity index (χ0v) is 11.6. The van der Waals surface area contributed by atoms with Gasteiger partial charge in [-0.2, -0.15) is 5.26 Å². The van der Waals surface area contributed by atoms with Crippen molar-refractivity contribution in [2.45, 2.75) is 32.4 Å². The van der Waals surface area contributed by atoms with Crippen LogP contribution in [0.5, 0.6) is 5.75 Å². The first-order valence-corrected chi connectivity index (χ1v) is 6.83. The molecule has 2 unspecified atom stereocenters. The van der Waals surface area contributed by atoms with E-state index in [-0.39, 0.29) is 6.04 Å². The maximum Gasteiger partial charge on any atom is 0.119 e. The topological polar surface area (TPSA) is 48.3 Å². The predicted octanol–water partition coefficient (Wildman–Crippen LogP) is 2.17. The average molecular weight is 259 g/mol. The van der Waals surface area contributed by atoms with Gasteiger partial charge in [-0.25, -0.2) is 0 Å². The van der Waals surface area contributed by atoms with Crippen molar-refractivity contribution in [3.8, 4) is 11.8 Å². The minimum Gasteiger partial charge on any atom is -0.494 e. The molecule has 1 N–H and O–H groups in total. The smallest absolute Gasteiger partial charge is 0.119 e. The molecule has 0 amide bonds. The minimum absolute atomic E-state index is 0.250. The lowest BCUT2D eigenvalue weighted by atomic mass is 10.1. The molecule has 1 aromatic carbocycles. The summed E-state index contributed by atoms with van der Waals surface area (Å²) in [7, 11) is 0. The van der Waals surface area contributed by atoms with E-state index in [1.807, 2.05) is 19.1 Å². The molecule has 2 atom stereocenters. The number of ether oxygens (including phenoxy) is 1. The third-order valence-electron chi connectivity index (χ3n) is 3.31. The number of hydrogen-bond acceptors (Lipinski definition) is 4. The third kappa shape index (κ3) is 3.62. The largest absolute Gasteiger partial charge is 0.494 e. The molecule has 1 aromatic rings. The molecule has 0 radical (unpaired) electrons. The Labute approximate surface area is 115 Å². The normalized spacial score (nSPS) is 22.9. The quantitative estimate of drug-likeness (QED) is 0.900. The Hall–Kier alpha value is -1.73. The molecule has 19 heavy (non-hydrogen) atoms. The van der Waals surface area contributed by atoms with Gasteiger partial charge in [0, 0.05) is 30.9 Å². The summed E-state index contributed by atoms with van der Waals surface area (Å²) in [6, 6.07) is 11.1. The van der Waals surface area contributed by atoms with E-state index in [2.05, 4.69) is 35.3 Å². The Kier molecular flexibility index (Phi) is 4.64. The second-order valence-electron chi connectivity index (χ2n) is 4.96. The third-order valence-corrected chi connectivity index (χ3v) is 3.31. The van der Waals surface area contributed by atoms with E-state index < -0.39 is 0 Å². The Bertz CT molecular complexity index is 438. The van der Waals surface area contributed by atoms with Crippen molar-refractivity contribution < 1.29 is 4.74 Å². The van der Waals surface area contributed by atoms with E-state index in [4.69, 9.17) is 10.00 Å². The van der Waals surface area contributed by atoms with Gasteiger partial charge < -0.3 is 15.0 Å². The number of rotatable bonds is 4. The first kappa shape index (κ1) is 13.7. The highest BCUT2D eigenvalue weighted by atomic mass is 16.5. The highest BCUT2D eigenvalue weighted by molar-refractivity contribution is 5.50. The van der Waals surface area contributed by atoms with Gasteiger partial charge in [0.25, 0.3) is 0 Å². The van der Waals surface area contributed by atoms with Crippen LogP contribution in [-0.2, 0) is 0 Å². The average Bonchev–Trinajstić information content (AvgIpc) is 2.40. The molecule has 1 fully saturated rings. The summed E-state index contributed by atoms with van der Waals surface area (Å²) in [6.07, 6.45) is 0.553. The fraction of sp³-hybridized carbons (Fsp3) is 0.533. The molecular weight excluding hydrogens is 238 g/mol. The number of nitrogens with zero attached hydrogens (tertiary/aromatic N) is 2. The highest BCUT2D eigenvalue weighted by Crippen LogP contribution is 2.22. The van der Waals surface area contributed by atoms with Crippen molar-refractivity contribution in [3.05, 3.63) is 24.3 Å². The lowest BCUT2D eigenvalue weighted by Gasteiger charge is -2.38. The van der Waals surface area contributed by atoms with E-state index >= 15 is 0 Å². The molecule has 1 aliphatic rings. The van der Waals surface area contributed by atoms with Crippen LogP contribution in [0.3, 0.4) is 0 Å². The molecule has 1 saturated heterocycles. The van der Waals surface area contributed by atoms with Gasteiger partial charge in [0.2, 0.25) is 0 Å². The van der Waals surface area contributed by atoms with Crippen molar-refractivity contribution in [3.63, 3.8) is 0 Å². The molecule has 4 nitrogen and oxygen atoms in total. The van der Waals surface area contributed by atoms with Crippen molar-refractivity contribution in [1.29, 1.82) is 5.26 Å². The summed E-state index contributed by atoms with van der Waals surface area (Å²) in [5.74, 6) is 0.906. The Morgan fingerprint density at radius 3 is 2.74 bits per heavy atom. The molecule has 4 heteroatoms. The zero-order chi connectivity index (χ0) is 13.7. The molecule has 0 aromatic heterocycles. The summed E-state index contributed by atoms with van der Waals surface area (Å²) in [5.41, 5.74) is 1.19. The number of anilines is 1. The van der Waals surface area contributed by atoms with E-state index in [1.54, 1.807) is 0 Å². The molecule has 0 saturated carbocycles. The fourth-order valence-corrected chi connectivity index (χ4v) is 2.54. The SMILES string of the molecule is CCOc1ccc(N2CC(C)NC(CC#N)C2)cc1. The first-order chi connectivity index (χ1) is 9.22. The van der Waals surface area contributed by atoms with Crippen LogP contribution in [0.2, 0.25) is 0 Å². The van der Waals surface area contributed by atoms with Crippen LogP contribution in [0.1, 0.15) is 20.3 Å². The molecule has 2 rings (SSSR count). The standard InChI is InChI=1S/C15H21N3O/c1-3-19-15-6-4-14(5-7-15)18-10-12(2)17-13(11-18)8-9-16/h4-7,12-13,17H,3,8,10-11H2,1-2H3. The van der Waals surface area contributed by atoms with Crippen LogP contribution >= 0.6 is 0 Å². The van der Waals surface area contributed by atoms with Crippen molar-refractivity contribution in [2.24, 2.45) is 0 Å². The number of hydrogen-bond donors (Lipinski definition) is 1. The summed E-state index contributed by atoms with van der Waals surface area (Å²) in [4.78, 5) is 2.33. The molecule has 0 spiro atoms. The predicted molar refractivity (Wildman–Crippen MR) is 76.4 cm³/mol. The van der Waals surface area contributed by atoms with E-state index in [0.29, 0.717) is 19.1 Å². The van der Waals surface area contributed by atoms with E-state index in [9.17, 15) is 0 Å². The van der Waals surface area contributed by atoms with Gasteiger partial charge in [-0.3, -0.25) is 0 Å². The second-order valence-corrected chi connectivity index (χ2v) is 4.96. The lowest BCUT2D eigenvalue weighted by Crippen LogP contribution is -2.55. The van der Waals surface area contributed by atoms with Crippen molar-refractivity contribution >= 4 is 5.69 Å². The van der Waals surface area contributed by atoms with Gasteiger partial charge >= 0.3 is 0 Å². The summed E-state index contributed by atoms with van der Waals surface area (Å²) in [6.45, 7) is 6.68. The lowest BCUT2D eigenvalue weighted by molar-refractivity contribution is 0.340. The molecule has 0 bridgehead atoms. The van der Waals surface area contributed by atoms with Gasteiger partial charge in [-0.05, 0) is 38.1 Å². The Balaban J connectivity index is 2.05. The van der Waals surface area contributed by atoms with Crippen LogP contribution in [-0.4, -0.2) is 31.8 Å². The molecule has 1 heterocycles. The summed E-state index contributed by atoms with van der Waals surface area (Å²) < 4.78 is 5.46.